The van der Waals surface area contributed by atoms with Crippen molar-refractivity contribution in [2.24, 2.45) is 0 Å². The number of pyridine rings is 1. The van der Waals surface area contributed by atoms with Crippen LogP contribution in [0.2, 0.25) is 0 Å². The number of H-pyrrole nitrogens is 1. The Labute approximate surface area is 124 Å². The molecule has 0 amide bonds. The average molecular weight is 307 g/mol. The number of halogens is 3. The molecule has 0 atom stereocenters. The van der Waals surface area contributed by atoms with Crippen molar-refractivity contribution in [1.82, 2.24) is 15.0 Å². The van der Waals surface area contributed by atoms with Crippen molar-refractivity contribution in [2.45, 2.75) is 12.6 Å². The zero-order valence-corrected chi connectivity index (χ0v) is 11.6. The summed E-state index contributed by atoms with van der Waals surface area (Å²) in [6.07, 6.45) is -3.81. The minimum Gasteiger partial charge on any atom is -0.497 e. The maximum atomic E-state index is 12.5. The van der Waals surface area contributed by atoms with Gasteiger partial charge in [0.05, 0.1) is 23.8 Å². The molecule has 1 aromatic carbocycles. The molecule has 2 heterocycles. The van der Waals surface area contributed by atoms with Gasteiger partial charge in [-0.15, -0.1) is 0 Å². The van der Waals surface area contributed by atoms with Crippen LogP contribution < -0.4 is 4.74 Å². The van der Waals surface area contributed by atoms with Crippen LogP contribution in [0.3, 0.4) is 0 Å². The molecule has 0 fully saturated rings. The summed E-state index contributed by atoms with van der Waals surface area (Å²) in [5.41, 5.74) is 2.25. The molecule has 0 unspecified atom stereocenters. The van der Waals surface area contributed by atoms with Crippen LogP contribution in [0.1, 0.15) is 5.82 Å². The fraction of sp³-hybridized carbons (Fsp3) is 0.200. The molecule has 0 spiro atoms. The Bertz CT molecular complexity index is 811. The Morgan fingerprint density at radius 2 is 2.05 bits per heavy atom. The minimum atomic E-state index is -4.30. The number of methoxy groups -OCH3 is 1. The van der Waals surface area contributed by atoms with Crippen LogP contribution in [0.15, 0.2) is 36.5 Å². The normalized spacial score (nSPS) is 11.8. The van der Waals surface area contributed by atoms with Gasteiger partial charge in [0.25, 0.3) is 0 Å². The van der Waals surface area contributed by atoms with E-state index in [1.807, 2.05) is 0 Å². The highest BCUT2D eigenvalue weighted by Crippen LogP contribution is 2.29. The lowest BCUT2D eigenvalue weighted by Crippen LogP contribution is -2.12. The van der Waals surface area contributed by atoms with Crippen molar-refractivity contribution in [3.8, 4) is 17.0 Å². The standard InChI is InChI=1S/C15H12F3N3O/c1-22-9-5-6-19-12(7-9)10-3-2-4-11-14(10)21-13(20-11)8-15(16,17)18/h2-7H,8H2,1H3,(H,20,21). The number of aromatic amines is 1. The highest BCUT2D eigenvalue weighted by Gasteiger charge is 2.29. The number of imidazole rings is 1. The Kier molecular flexibility index (Phi) is 3.48. The van der Waals surface area contributed by atoms with E-state index in [-0.39, 0.29) is 5.82 Å². The van der Waals surface area contributed by atoms with Gasteiger partial charge in [0, 0.05) is 17.8 Å². The van der Waals surface area contributed by atoms with Gasteiger partial charge < -0.3 is 9.72 Å². The summed E-state index contributed by atoms with van der Waals surface area (Å²) >= 11 is 0. The summed E-state index contributed by atoms with van der Waals surface area (Å²) in [6.45, 7) is 0. The van der Waals surface area contributed by atoms with E-state index < -0.39 is 12.6 Å². The molecule has 7 heteroatoms. The second-order valence-corrected chi connectivity index (χ2v) is 4.76. The van der Waals surface area contributed by atoms with E-state index in [1.54, 1.807) is 36.5 Å². The van der Waals surface area contributed by atoms with Gasteiger partial charge in [-0.1, -0.05) is 12.1 Å². The Morgan fingerprint density at radius 3 is 2.77 bits per heavy atom. The molecular weight excluding hydrogens is 295 g/mol. The highest BCUT2D eigenvalue weighted by atomic mass is 19.4. The first-order valence-electron chi connectivity index (χ1n) is 6.51. The van der Waals surface area contributed by atoms with Gasteiger partial charge >= 0.3 is 6.18 Å². The zero-order chi connectivity index (χ0) is 15.7. The number of nitrogens with zero attached hydrogens (tertiary/aromatic N) is 2. The number of nitrogens with one attached hydrogen (secondary N) is 1. The molecule has 3 rings (SSSR count). The van der Waals surface area contributed by atoms with E-state index in [9.17, 15) is 13.2 Å². The van der Waals surface area contributed by atoms with Crippen LogP contribution in [0, 0.1) is 0 Å². The minimum absolute atomic E-state index is 0.113. The summed E-state index contributed by atoms with van der Waals surface area (Å²) < 4.78 is 42.7. The number of para-hydroxylation sites is 1. The largest absolute Gasteiger partial charge is 0.497 e. The number of fused-ring (bicyclic) bond motifs is 1. The van der Waals surface area contributed by atoms with Crippen LogP contribution in [-0.2, 0) is 6.42 Å². The third-order valence-corrected chi connectivity index (χ3v) is 3.17. The molecule has 1 N–H and O–H groups in total. The van der Waals surface area contributed by atoms with Crippen LogP contribution in [-0.4, -0.2) is 28.2 Å². The van der Waals surface area contributed by atoms with Gasteiger partial charge in [-0.05, 0) is 12.1 Å². The van der Waals surface area contributed by atoms with Gasteiger partial charge in [-0.3, -0.25) is 4.98 Å². The first-order valence-corrected chi connectivity index (χ1v) is 6.51. The van der Waals surface area contributed by atoms with E-state index in [1.165, 1.54) is 7.11 Å². The number of alkyl halides is 3. The maximum absolute atomic E-state index is 12.5. The van der Waals surface area contributed by atoms with Gasteiger partial charge in [0.1, 0.15) is 18.0 Å². The molecule has 0 aliphatic carbocycles. The summed E-state index contributed by atoms with van der Waals surface area (Å²) in [5.74, 6) is 0.505. The van der Waals surface area contributed by atoms with Gasteiger partial charge in [0.15, 0.2) is 0 Å². The lowest BCUT2D eigenvalue weighted by atomic mass is 10.1. The van der Waals surface area contributed by atoms with E-state index in [4.69, 9.17) is 4.74 Å². The fourth-order valence-corrected chi connectivity index (χ4v) is 2.25. The Morgan fingerprint density at radius 1 is 1.23 bits per heavy atom. The molecule has 2 aromatic heterocycles. The third kappa shape index (κ3) is 2.88. The summed E-state index contributed by atoms with van der Waals surface area (Å²) in [5, 5.41) is 0. The second kappa shape index (κ2) is 5.32. The average Bonchev–Trinajstić information content (AvgIpc) is 2.87. The third-order valence-electron chi connectivity index (χ3n) is 3.17. The topological polar surface area (TPSA) is 50.8 Å². The first kappa shape index (κ1) is 14.4. The smallest absolute Gasteiger partial charge is 0.396 e. The van der Waals surface area contributed by atoms with Crippen molar-refractivity contribution in [2.75, 3.05) is 7.11 Å². The van der Waals surface area contributed by atoms with Gasteiger partial charge in [0.2, 0.25) is 0 Å². The Hall–Kier alpha value is -2.57. The molecule has 3 aromatic rings. The van der Waals surface area contributed by atoms with E-state index >= 15 is 0 Å². The number of benzene rings is 1. The zero-order valence-electron chi connectivity index (χ0n) is 11.6. The molecule has 114 valence electrons. The number of aromatic nitrogens is 3. The van der Waals surface area contributed by atoms with Crippen LogP contribution in [0.4, 0.5) is 13.2 Å². The molecule has 0 saturated carbocycles. The van der Waals surface area contributed by atoms with E-state index in [2.05, 4.69) is 15.0 Å². The molecule has 0 saturated heterocycles. The molecule has 0 radical (unpaired) electrons. The monoisotopic (exact) mass is 307 g/mol. The van der Waals surface area contributed by atoms with Crippen LogP contribution in [0.25, 0.3) is 22.3 Å². The fourth-order valence-electron chi connectivity index (χ4n) is 2.25. The molecule has 0 aliphatic heterocycles. The lowest BCUT2D eigenvalue weighted by molar-refractivity contribution is -0.128. The SMILES string of the molecule is COc1ccnc(-c2cccc3[nH]c(CC(F)(F)F)nc23)c1. The summed E-state index contributed by atoms with van der Waals surface area (Å²) in [4.78, 5) is 11.0. The number of ether oxygens (including phenoxy) is 1. The second-order valence-electron chi connectivity index (χ2n) is 4.76. The quantitative estimate of drug-likeness (QED) is 0.802. The predicted octanol–water partition coefficient (Wildman–Crippen LogP) is 3.74. The van der Waals surface area contributed by atoms with Gasteiger partial charge in [-0.25, -0.2) is 4.98 Å². The van der Waals surface area contributed by atoms with Crippen molar-refractivity contribution in [3.05, 3.63) is 42.4 Å². The predicted molar refractivity (Wildman–Crippen MR) is 75.6 cm³/mol. The maximum Gasteiger partial charge on any atom is 0.396 e. The summed E-state index contributed by atoms with van der Waals surface area (Å²) in [6, 6.07) is 8.61. The molecule has 4 nitrogen and oxygen atoms in total. The summed E-state index contributed by atoms with van der Waals surface area (Å²) in [7, 11) is 1.54. The first-order chi connectivity index (χ1) is 10.5. The number of hydrogen-bond acceptors (Lipinski definition) is 3. The lowest BCUT2D eigenvalue weighted by Gasteiger charge is -2.04. The van der Waals surface area contributed by atoms with E-state index in [0.717, 1.165) is 0 Å². The van der Waals surface area contributed by atoms with Crippen molar-refractivity contribution in [3.63, 3.8) is 0 Å². The van der Waals surface area contributed by atoms with Crippen LogP contribution in [0.5, 0.6) is 5.75 Å². The molecule has 22 heavy (non-hydrogen) atoms. The van der Waals surface area contributed by atoms with E-state index in [0.29, 0.717) is 28.0 Å². The van der Waals surface area contributed by atoms with Crippen molar-refractivity contribution >= 4 is 11.0 Å². The van der Waals surface area contributed by atoms with Crippen LogP contribution >= 0.6 is 0 Å². The Balaban J connectivity index is 2.09. The molecule has 0 aliphatic rings. The highest BCUT2D eigenvalue weighted by molar-refractivity contribution is 5.91. The van der Waals surface area contributed by atoms with Crippen molar-refractivity contribution in [1.29, 1.82) is 0 Å². The van der Waals surface area contributed by atoms with Gasteiger partial charge in [-0.2, -0.15) is 13.2 Å². The van der Waals surface area contributed by atoms with Crippen molar-refractivity contribution < 1.29 is 17.9 Å². The molecular formula is C15H12F3N3O. The number of hydrogen-bond donors (Lipinski definition) is 1. The number of rotatable bonds is 3. The molecule has 0 bridgehead atoms.